The van der Waals surface area contributed by atoms with Gasteiger partial charge in [-0.2, -0.15) is 0 Å². The summed E-state index contributed by atoms with van der Waals surface area (Å²) in [7, 11) is 0. The lowest BCUT2D eigenvalue weighted by Gasteiger charge is -2.06. The number of carbonyl (C=O) groups is 1. The molecule has 1 fully saturated rings. The van der Waals surface area contributed by atoms with Crippen LogP contribution >= 0.6 is 0 Å². The largest absolute Gasteiger partial charge is 0.491 e. The van der Waals surface area contributed by atoms with Gasteiger partial charge >= 0.3 is 5.97 Å². The van der Waals surface area contributed by atoms with Crippen molar-refractivity contribution < 1.29 is 19.4 Å². The Morgan fingerprint density at radius 3 is 2.15 bits per heavy atom. The van der Waals surface area contributed by atoms with Gasteiger partial charge < -0.3 is 14.6 Å². The van der Waals surface area contributed by atoms with E-state index in [9.17, 15) is 4.79 Å². The fourth-order valence-electron chi connectivity index (χ4n) is 1.90. The van der Waals surface area contributed by atoms with Gasteiger partial charge in [-0.3, -0.25) is 0 Å². The Balaban J connectivity index is 1.70. The number of benzene rings is 2. The molecule has 3 rings (SSSR count). The Labute approximate surface area is 116 Å². The molecule has 102 valence electrons. The second kappa shape index (κ2) is 5.35. The van der Waals surface area contributed by atoms with Crippen LogP contribution in [0.25, 0.3) is 11.1 Å². The summed E-state index contributed by atoms with van der Waals surface area (Å²) in [5.41, 5.74) is 2.29. The van der Waals surface area contributed by atoms with E-state index >= 15 is 0 Å². The minimum atomic E-state index is -0.914. The third-order valence-electron chi connectivity index (χ3n) is 3.16. The van der Waals surface area contributed by atoms with Gasteiger partial charge in [-0.15, -0.1) is 0 Å². The lowest BCUT2D eigenvalue weighted by atomic mass is 10.0. The summed E-state index contributed by atoms with van der Waals surface area (Å²) in [5.74, 6) is -0.103. The molecule has 1 unspecified atom stereocenters. The predicted octanol–water partition coefficient (Wildman–Crippen LogP) is 2.83. The van der Waals surface area contributed by atoms with E-state index in [1.165, 1.54) is 0 Å². The smallest absolute Gasteiger partial charge is 0.335 e. The van der Waals surface area contributed by atoms with E-state index in [4.69, 9.17) is 14.6 Å². The highest BCUT2D eigenvalue weighted by atomic mass is 16.6. The molecule has 1 saturated heterocycles. The van der Waals surface area contributed by atoms with Crippen molar-refractivity contribution in [3.05, 3.63) is 54.1 Å². The number of carboxylic acid groups (broad SMARTS) is 1. The summed E-state index contributed by atoms with van der Waals surface area (Å²) in [6, 6.07) is 14.5. The molecule has 4 heteroatoms. The van der Waals surface area contributed by atoms with E-state index in [-0.39, 0.29) is 11.7 Å². The molecule has 1 N–H and O–H groups in total. The van der Waals surface area contributed by atoms with Crippen LogP contribution in [0.5, 0.6) is 5.75 Å². The summed E-state index contributed by atoms with van der Waals surface area (Å²) < 4.78 is 10.6. The van der Waals surface area contributed by atoms with Crippen LogP contribution < -0.4 is 4.74 Å². The molecule has 0 saturated carbocycles. The lowest BCUT2D eigenvalue weighted by Crippen LogP contribution is -2.03. The monoisotopic (exact) mass is 270 g/mol. The maximum Gasteiger partial charge on any atom is 0.335 e. The van der Waals surface area contributed by atoms with Crippen molar-refractivity contribution in [1.29, 1.82) is 0 Å². The third kappa shape index (κ3) is 2.97. The number of carboxylic acids is 1. The summed E-state index contributed by atoms with van der Waals surface area (Å²) in [5, 5.41) is 8.86. The minimum absolute atomic E-state index is 0.248. The van der Waals surface area contributed by atoms with Crippen molar-refractivity contribution in [2.45, 2.75) is 6.10 Å². The standard InChI is InChI=1S/C16H14O4/c17-16(18)13-3-1-11(2-4-13)12-5-7-14(8-6-12)19-9-15-10-20-15/h1-8,15H,9-10H2,(H,17,18). The van der Waals surface area contributed by atoms with Gasteiger partial charge in [0.15, 0.2) is 0 Å². The van der Waals surface area contributed by atoms with Gasteiger partial charge in [0.05, 0.1) is 12.2 Å². The molecule has 4 nitrogen and oxygen atoms in total. The number of ether oxygens (including phenoxy) is 2. The minimum Gasteiger partial charge on any atom is -0.491 e. The normalized spacial score (nSPS) is 16.7. The molecule has 1 heterocycles. The zero-order valence-electron chi connectivity index (χ0n) is 10.8. The van der Waals surface area contributed by atoms with Crippen LogP contribution in [0, 0.1) is 0 Å². The van der Waals surface area contributed by atoms with Gasteiger partial charge in [-0.05, 0) is 35.4 Å². The Kier molecular flexibility index (Phi) is 3.39. The molecule has 0 radical (unpaired) electrons. The number of aromatic carboxylic acids is 1. The molecule has 0 aliphatic carbocycles. The SMILES string of the molecule is O=C(O)c1ccc(-c2ccc(OCC3CO3)cc2)cc1. The quantitative estimate of drug-likeness (QED) is 0.849. The fraction of sp³-hybridized carbons (Fsp3) is 0.188. The number of hydrogen-bond acceptors (Lipinski definition) is 3. The third-order valence-corrected chi connectivity index (χ3v) is 3.16. The fourth-order valence-corrected chi connectivity index (χ4v) is 1.90. The molecule has 20 heavy (non-hydrogen) atoms. The molecule has 1 aliphatic heterocycles. The second-order valence-corrected chi connectivity index (χ2v) is 4.67. The van der Waals surface area contributed by atoms with Crippen LogP contribution in [0.3, 0.4) is 0 Å². The van der Waals surface area contributed by atoms with Gasteiger partial charge in [0, 0.05) is 0 Å². The highest BCUT2D eigenvalue weighted by molar-refractivity contribution is 5.88. The molecule has 2 aromatic carbocycles. The van der Waals surface area contributed by atoms with Crippen molar-refractivity contribution in [3.8, 4) is 16.9 Å². The zero-order chi connectivity index (χ0) is 13.9. The topological polar surface area (TPSA) is 59.1 Å². The van der Waals surface area contributed by atoms with Crippen molar-refractivity contribution >= 4 is 5.97 Å². The average Bonchev–Trinajstić information content (AvgIpc) is 3.30. The van der Waals surface area contributed by atoms with Crippen LogP contribution in [-0.4, -0.2) is 30.4 Å². The van der Waals surface area contributed by atoms with Gasteiger partial charge in [0.25, 0.3) is 0 Å². The molecule has 2 aromatic rings. The van der Waals surface area contributed by atoms with E-state index in [0.717, 1.165) is 23.5 Å². The maximum absolute atomic E-state index is 10.8. The van der Waals surface area contributed by atoms with E-state index in [0.29, 0.717) is 6.61 Å². The number of rotatable bonds is 5. The molecule has 1 atom stereocenters. The van der Waals surface area contributed by atoms with E-state index in [2.05, 4.69) is 0 Å². The Hall–Kier alpha value is -2.33. The van der Waals surface area contributed by atoms with Crippen LogP contribution in [0.4, 0.5) is 0 Å². The molecular formula is C16H14O4. The van der Waals surface area contributed by atoms with Crippen LogP contribution in [0.1, 0.15) is 10.4 Å². The first-order valence-corrected chi connectivity index (χ1v) is 6.40. The highest BCUT2D eigenvalue weighted by Gasteiger charge is 2.22. The Morgan fingerprint density at radius 2 is 1.65 bits per heavy atom. The van der Waals surface area contributed by atoms with Crippen LogP contribution in [0.2, 0.25) is 0 Å². The predicted molar refractivity (Wildman–Crippen MR) is 74.1 cm³/mol. The first-order chi connectivity index (χ1) is 9.72. The van der Waals surface area contributed by atoms with Gasteiger partial charge in [0.1, 0.15) is 18.5 Å². The van der Waals surface area contributed by atoms with Gasteiger partial charge in [-0.1, -0.05) is 24.3 Å². The molecule has 0 bridgehead atoms. The van der Waals surface area contributed by atoms with Crippen LogP contribution in [-0.2, 0) is 4.74 Å². The molecule has 0 spiro atoms. The Morgan fingerprint density at radius 1 is 1.10 bits per heavy atom. The lowest BCUT2D eigenvalue weighted by molar-refractivity contribution is 0.0697. The summed E-state index contributed by atoms with van der Waals surface area (Å²) in [4.78, 5) is 10.8. The second-order valence-electron chi connectivity index (χ2n) is 4.67. The average molecular weight is 270 g/mol. The number of epoxide rings is 1. The maximum atomic E-state index is 10.8. The summed E-state index contributed by atoms with van der Waals surface area (Å²) in [6.07, 6.45) is 0.248. The van der Waals surface area contributed by atoms with Crippen molar-refractivity contribution in [2.24, 2.45) is 0 Å². The molecular weight excluding hydrogens is 256 g/mol. The van der Waals surface area contributed by atoms with Gasteiger partial charge in [0.2, 0.25) is 0 Å². The molecule has 1 aliphatic rings. The highest BCUT2D eigenvalue weighted by Crippen LogP contribution is 2.23. The Bertz CT molecular complexity index is 597. The van der Waals surface area contributed by atoms with E-state index in [1.807, 2.05) is 24.3 Å². The molecule has 0 amide bonds. The summed E-state index contributed by atoms with van der Waals surface area (Å²) in [6.45, 7) is 1.38. The van der Waals surface area contributed by atoms with Crippen molar-refractivity contribution in [2.75, 3.05) is 13.2 Å². The first kappa shape index (κ1) is 12.7. The first-order valence-electron chi connectivity index (χ1n) is 6.40. The van der Waals surface area contributed by atoms with Crippen molar-refractivity contribution in [3.63, 3.8) is 0 Å². The van der Waals surface area contributed by atoms with Crippen LogP contribution in [0.15, 0.2) is 48.5 Å². The van der Waals surface area contributed by atoms with Crippen molar-refractivity contribution in [1.82, 2.24) is 0 Å². The summed E-state index contributed by atoms with van der Waals surface area (Å²) >= 11 is 0. The zero-order valence-corrected chi connectivity index (χ0v) is 10.8. The van der Waals surface area contributed by atoms with E-state index in [1.54, 1.807) is 24.3 Å². The van der Waals surface area contributed by atoms with E-state index < -0.39 is 5.97 Å². The van der Waals surface area contributed by atoms with Gasteiger partial charge in [-0.25, -0.2) is 4.79 Å². The molecule has 0 aromatic heterocycles. The number of hydrogen-bond donors (Lipinski definition) is 1.